The van der Waals surface area contributed by atoms with Gasteiger partial charge in [0.15, 0.2) is 11.5 Å². The number of hydrogen-bond donors (Lipinski definition) is 2. The molecule has 7 nitrogen and oxygen atoms in total. The van der Waals surface area contributed by atoms with E-state index in [-0.39, 0.29) is 17.2 Å². The molecule has 0 bridgehead atoms. The number of rotatable bonds is 7. The molecule has 178 valence electrons. The lowest BCUT2D eigenvalue weighted by molar-refractivity contribution is 0.101. The van der Waals surface area contributed by atoms with Crippen LogP contribution in [0.15, 0.2) is 60.7 Å². The van der Waals surface area contributed by atoms with Crippen molar-refractivity contribution in [3.8, 4) is 17.2 Å². The van der Waals surface area contributed by atoms with Crippen molar-refractivity contribution in [3.05, 3.63) is 77.4 Å². The summed E-state index contributed by atoms with van der Waals surface area (Å²) in [7, 11) is 4.48. The van der Waals surface area contributed by atoms with Crippen molar-refractivity contribution in [1.29, 1.82) is 0 Å². The molecule has 0 unspecified atom stereocenters. The second-order valence-electron chi connectivity index (χ2n) is 8.73. The topological polar surface area (TPSA) is 85.9 Å². The summed E-state index contributed by atoms with van der Waals surface area (Å²) in [6.45, 7) is 6.39. The fourth-order valence-corrected chi connectivity index (χ4v) is 3.38. The summed E-state index contributed by atoms with van der Waals surface area (Å²) in [6, 6.07) is 17.6. The third-order valence-corrected chi connectivity index (χ3v) is 5.34. The van der Waals surface area contributed by atoms with Gasteiger partial charge in [0.05, 0.1) is 21.3 Å². The van der Waals surface area contributed by atoms with Crippen LogP contribution in [-0.2, 0) is 5.41 Å². The van der Waals surface area contributed by atoms with E-state index in [1.165, 1.54) is 21.3 Å². The van der Waals surface area contributed by atoms with E-state index in [0.29, 0.717) is 39.8 Å². The molecule has 0 aliphatic carbocycles. The van der Waals surface area contributed by atoms with Crippen molar-refractivity contribution in [2.45, 2.75) is 26.2 Å². The average Bonchev–Trinajstić information content (AvgIpc) is 2.83. The minimum absolute atomic E-state index is 0.0252. The van der Waals surface area contributed by atoms with E-state index in [4.69, 9.17) is 14.2 Å². The number of hydrogen-bond acceptors (Lipinski definition) is 5. The Balaban J connectivity index is 1.68. The van der Waals surface area contributed by atoms with Crippen molar-refractivity contribution in [3.63, 3.8) is 0 Å². The lowest BCUT2D eigenvalue weighted by atomic mass is 9.87. The number of amides is 2. The van der Waals surface area contributed by atoms with Gasteiger partial charge in [0, 0.05) is 22.5 Å². The monoisotopic (exact) mass is 462 g/mol. The first-order valence-corrected chi connectivity index (χ1v) is 10.8. The first kappa shape index (κ1) is 24.6. The van der Waals surface area contributed by atoms with Gasteiger partial charge in [-0.25, -0.2) is 0 Å². The van der Waals surface area contributed by atoms with Crippen LogP contribution in [0.4, 0.5) is 11.4 Å². The molecule has 2 amide bonds. The van der Waals surface area contributed by atoms with E-state index in [2.05, 4.69) is 31.4 Å². The molecule has 3 aromatic rings. The summed E-state index contributed by atoms with van der Waals surface area (Å²) in [5.74, 6) is 0.653. The van der Waals surface area contributed by atoms with Crippen molar-refractivity contribution < 1.29 is 23.8 Å². The molecule has 0 aliphatic heterocycles. The summed E-state index contributed by atoms with van der Waals surface area (Å²) >= 11 is 0. The lowest BCUT2D eigenvalue weighted by Gasteiger charge is -2.19. The molecule has 0 heterocycles. The van der Waals surface area contributed by atoms with Crippen molar-refractivity contribution in [1.82, 2.24) is 0 Å². The fraction of sp³-hybridized carbons (Fsp3) is 0.259. The zero-order chi connectivity index (χ0) is 24.9. The Labute approximate surface area is 200 Å². The van der Waals surface area contributed by atoms with Gasteiger partial charge in [-0.1, -0.05) is 32.9 Å². The Bertz CT molecular complexity index is 1140. The van der Waals surface area contributed by atoms with Crippen molar-refractivity contribution in [2.24, 2.45) is 0 Å². The van der Waals surface area contributed by atoms with Crippen LogP contribution in [-0.4, -0.2) is 33.1 Å². The van der Waals surface area contributed by atoms with E-state index in [1.54, 1.807) is 36.4 Å². The third kappa shape index (κ3) is 5.67. The van der Waals surface area contributed by atoms with Crippen LogP contribution in [0.25, 0.3) is 0 Å². The van der Waals surface area contributed by atoms with E-state index >= 15 is 0 Å². The molecule has 0 spiro atoms. The zero-order valence-electron chi connectivity index (χ0n) is 20.3. The first-order valence-electron chi connectivity index (χ1n) is 10.8. The van der Waals surface area contributed by atoms with Crippen LogP contribution in [0.3, 0.4) is 0 Å². The molecular weight excluding hydrogens is 432 g/mol. The molecule has 0 fully saturated rings. The van der Waals surface area contributed by atoms with Crippen molar-refractivity contribution >= 4 is 23.2 Å². The minimum atomic E-state index is -0.338. The molecule has 0 radical (unpaired) electrons. The van der Waals surface area contributed by atoms with Crippen LogP contribution in [0.1, 0.15) is 47.1 Å². The largest absolute Gasteiger partial charge is 0.493 e. The van der Waals surface area contributed by atoms with Crippen LogP contribution >= 0.6 is 0 Å². The Morgan fingerprint density at radius 1 is 0.647 bits per heavy atom. The lowest BCUT2D eigenvalue weighted by Crippen LogP contribution is -2.15. The molecule has 7 heteroatoms. The van der Waals surface area contributed by atoms with E-state index < -0.39 is 0 Å². The van der Waals surface area contributed by atoms with Gasteiger partial charge in [-0.2, -0.15) is 0 Å². The Hall–Kier alpha value is -4.00. The van der Waals surface area contributed by atoms with Gasteiger partial charge in [-0.3, -0.25) is 9.59 Å². The number of nitrogens with one attached hydrogen (secondary N) is 2. The normalized spacial score (nSPS) is 10.9. The third-order valence-electron chi connectivity index (χ3n) is 5.34. The highest BCUT2D eigenvalue weighted by Gasteiger charge is 2.17. The number of carbonyl (C=O) groups is 2. The highest BCUT2D eigenvalue weighted by atomic mass is 16.5. The number of benzene rings is 3. The molecule has 0 saturated heterocycles. The van der Waals surface area contributed by atoms with Crippen molar-refractivity contribution in [2.75, 3.05) is 32.0 Å². The van der Waals surface area contributed by atoms with E-state index in [0.717, 1.165) is 5.56 Å². The standard InChI is InChI=1S/C27H30N2O5/c1-27(2,3)19-9-7-17(8-10-19)25(30)28-20-11-13-21(14-12-20)29-26(31)18-15-22(32-4)24(34-6)23(16-18)33-5/h7-16H,1-6H3,(H,28,30)(H,29,31). The number of ether oxygens (including phenoxy) is 3. The van der Waals surface area contributed by atoms with Gasteiger partial charge >= 0.3 is 0 Å². The second-order valence-corrected chi connectivity index (χ2v) is 8.73. The highest BCUT2D eigenvalue weighted by Crippen LogP contribution is 2.38. The minimum Gasteiger partial charge on any atom is -0.493 e. The quantitative estimate of drug-likeness (QED) is 0.483. The van der Waals surface area contributed by atoms with E-state index in [1.807, 2.05) is 24.3 Å². The van der Waals surface area contributed by atoms with Crippen LogP contribution in [0, 0.1) is 0 Å². The van der Waals surface area contributed by atoms with Gasteiger partial charge < -0.3 is 24.8 Å². The SMILES string of the molecule is COc1cc(C(=O)Nc2ccc(NC(=O)c3ccc(C(C)(C)C)cc3)cc2)cc(OC)c1OC. The Morgan fingerprint density at radius 2 is 1.09 bits per heavy atom. The van der Waals surface area contributed by atoms with Crippen LogP contribution in [0.2, 0.25) is 0 Å². The van der Waals surface area contributed by atoms with Gasteiger partial charge in [0.25, 0.3) is 11.8 Å². The molecule has 3 aromatic carbocycles. The Kier molecular flexibility index (Phi) is 7.46. The summed E-state index contributed by atoms with van der Waals surface area (Å²) in [4.78, 5) is 25.3. The molecule has 3 rings (SSSR count). The molecule has 0 aromatic heterocycles. The van der Waals surface area contributed by atoms with Gasteiger partial charge in [-0.15, -0.1) is 0 Å². The maximum absolute atomic E-state index is 12.8. The molecular formula is C27H30N2O5. The maximum Gasteiger partial charge on any atom is 0.255 e. The van der Waals surface area contributed by atoms with E-state index in [9.17, 15) is 9.59 Å². The summed E-state index contributed by atoms with van der Waals surface area (Å²) in [5.41, 5.74) is 3.31. The number of methoxy groups -OCH3 is 3. The van der Waals surface area contributed by atoms with Crippen LogP contribution in [0.5, 0.6) is 17.2 Å². The van der Waals surface area contributed by atoms with Crippen LogP contribution < -0.4 is 24.8 Å². The molecule has 0 aliphatic rings. The second kappa shape index (κ2) is 10.3. The predicted octanol–water partition coefficient (Wildman–Crippen LogP) is 5.51. The summed E-state index contributed by atoms with van der Waals surface area (Å²) in [5, 5.41) is 5.70. The molecule has 0 atom stereocenters. The maximum atomic E-state index is 12.8. The smallest absolute Gasteiger partial charge is 0.255 e. The summed E-state index contributed by atoms with van der Waals surface area (Å²) < 4.78 is 15.9. The zero-order valence-corrected chi connectivity index (χ0v) is 20.3. The predicted molar refractivity (Wildman–Crippen MR) is 134 cm³/mol. The number of carbonyl (C=O) groups excluding carboxylic acids is 2. The number of anilines is 2. The molecule has 0 saturated carbocycles. The average molecular weight is 463 g/mol. The molecule has 34 heavy (non-hydrogen) atoms. The fourth-order valence-electron chi connectivity index (χ4n) is 3.38. The van der Waals surface area contributed by atoms with Gasteiger partial charge in [-0.05, 0) is 59.5 Å². The first-order chi connectivity index (χ1) is 16.2. The van der Waals surface area contributed by atoms with Gasteiger partial charge in [0.1, 0.15) is 0 Å². The Morgan fingerprint density at radius 3 is 1.47 bits per heavy atom. The molecule has 2 N–H and O–H groups in total. The summed E-state index contributed by atoms with van der Waals surface area (Å²) in [6.07, 6.45) is 0. The highest BCUT2D eigenvalue weighted by molar-refractivity contribution is 6.06. The van der Waals surface area contributed by atoms with Gasteiger partial charge in [0.2, 0.25) is 5.75 Å².